The number of hydrogen-bond donors (Lipinski definition) is 0. The van der Waals surface area contributed by atoms with Crippen LogP contribution in [0.15, 0.2) is 525 Å². The highest BCUT2D eigenvalue weighted by molar-refractivity contribution is 7.99. The summed E-state index contributed by atoms with van der Waals surface area (Å²) in [5.74, 6) is 0. The smallest absolute Gasteiger partial charge is 0.0726 e. The van der Waals surface area contributed by atoms with Gasteiger partial charge in [-0.25, -0.2) is 0 Å². The molecule has 5 heterocycles. The van der Waals surface area contributed by atoms with Gasteiger partial charge in [-0.2, -0.15) is 0 Å². The molecule has 0 unspecified atom stereocenters. The molecule has 30 rings (SSSR count). The molecular weight excluding hydrogens is 1740 g/mol. The lowest BCUT2D eigenvalue weighted by atomic mass is 9.70. The van der Waals surface area contributed by atoms with Gasteiger partial charge in [0.2, 0.25) is 0 Å². The Bertz CT molecular complexity index is 9470. The van der Waals surface area contributed by atoms with E-state index in [4.69, 9.17) is 0 Å². The molecule has 0 atom stereocenters. The largest absolute Gasteiger partial charge is 0.309 e. The van der Waals surface area contributed by atoms with E-state index in [1.54, 1.807) is 0 Å². The van der Waals surface area contributed by atoms with Gasteiger partial charge in [0.25, 0.3) is 0 Å². The second-order valence-corrected chi connectivity index (χ2v) is 39.5. The molecule has 0 amide bonds. The summed E-state index contributed by atoms with van der Waals surface area (Å²) in [6, 6.07) is 189. The molecule has 1 aliphatic heterocycles. The average Bonchev–Trinajstić information content (AvgIpc) is 1.49. The Kier molecular flexibility index (Phi) is 19.1. The normalized spacial score (nSPS) is 13.1. The molecule has 0 saturated carbocycles. The second-order valence-electron chi connectivity index (χ2n) is 38.5. The van der Waals surface area contributed by atoms with E-state index in [0.29, 0.717) is 0 Å². The number of fused-ring (bicyclic) bond motifs is 28. The first-order valence-corrected chi connectivity index (χ1v) is 50.0. The van der Waals surface area contributed by atoms with Crippen LogP contribution in [-0.4, -0.2) is 18.3 Å². The zero-order chi connectivity index (χ0) is 93.8. The van der Waals surface area contributed by atoms with Crippen LogP contribution in [0.2, 0.25) is 0 Å². The summed E-state index contributed by atoms with van der Waals surface area (Å²) < 4.78 is 9.77. The molecule has 0 bridgehead atoms. The predicted octanol–water partition coefficient (Wildman–Crippen LogP) is 36.4. The number of aromatic nitrogens is 4. The fourth-order valence-electron chi connectivity index (χ4n) is 24.1. The van der Waals surface area contributed by atoms with Crippen LogP contribution in [0.1, 0.15) is 47.2 Å². The molecule has 0 fully saturated rings. The van der Waals surface area contributed by atoms with Crippen molar-refractivity contribution in [3.63, 3.8) is 0 Å². The number of para-hydroxylation sites is 7. The zero-order valence-electron chi connectivity index (χ0n) is 78.2. The molecule has 5 nitrogen and oxygen atoms in total. The van der Waals surface area contributed by atoms with E-state index in [9.17, 15) is 0 Å². The SMILES string of the molecule is CC1(C)c2ccccc2-c2cc3c4ccccc4n(-c4cccc(-c5ccc6c(c5)c5ccccc5n6-c5ccccc5)c4)c3cc21.c1ccc(-c2cc(-c3ccccc3)cc(-c3ccc(-n4c5ccccc5c5cc6c(cc54)Sc4ccccc4N6c4ccccc4)cc3)c2)cc1.c1ccc(-c2ccc(-n3c4ccccc4c4ccc5c(c43)-c3ccccc3C53c4ccccc4-c4ccccc43)cc2)cc1. The van der Waals surface area contributed by atoms with E-state index >= 15 is 0 Å². The van der Waals surface area contributed by atoms with Crippen molar-refractivity contribution in [2.75, 3.05) is 4.90 Å². The summed E-state index contributed by atoms with van der Waals surface area (Å²) in [4.78, 5) is 4.92. The third-order valence-corrected chi connectivity index (χ3v) is 31.6. The lowest BCUT2D eigenvalue weighted by Crippen LogP contribution is -2.25. The van der Waals surface area contributed by atoms with Crippen LogP contribution in [0.25, 0.3) is 199 Å². The van der Waals surface area contributed by atoms with Crippen LogP contribution < -0.4 is 4.90 Å². The third-order valence-electron chi connectivity index (χ3n) is 30.5. The highest BCUT2D eigenvalue weighted by Gasteiger charge is 2.52. The monoisotopic (exact) mass is 1830 g/mol. The molecule has 666 valence electrons. The van der Waals surface area contributed by atoms with Gasteiger partial charge in [-0.05, 0) is 268 Å². The topological polar surface area (TPSA) is 23.0 Å². The van der Waals surface area contributed by atoms with Crippen LogP contribution in [0, 0.1) is 0 Å². The van der Waals surface area contributed by atoms with Gasteiger partial charge in [-0.3, -0.25) is 0 Å². The molecule has 22 aromatic carbocycles. The minimum Gasteiger partial charge on any atom is -0.309 e. The van der Waals surface area contributed by atoms with E-state index in [-0.39, 0.29) is 10.8 Å². The minimum atomic E-state index is -0.355. The predicted molar refractivity (Wildman–Crippen MR) is 597 cm³/mol. The molecule has 4 aliphatic rings. The van der Waals surface area contributed by atoms with Gasteiger partial charge >= 0.3 is 0 Å². The Balaban J connectivity index is 0.000000104. The lowest BCUT2D eigenvalue weighted by Gasteiger charge is -2.33. The summed E-state index contributed by atoms with van der Waals surface area (Å²) in [7, 11) is 0. The van der Waals surface area contributed by atoms with Gasteiger partial charge in [0, 0.05) is 92.3 Å². The molecular formula is C136H91N5S. The fraction of sp³-hybridized carbons (Fsp3) is 0.0294. The summed E-state index contributed by atoms with van der Waals surface area (Å²) in [5, 5.41) is 10.2. The van der Waals surface area contributed by atoms with Gasteiger partial charge in [0.1, 0.15) is 0 Å². The van der Waals surface area contributed by atoms with E-state index < -0.39 is 0 Å². The van der Waals surface area contributed by atoms with Gasteiger partial charge < -0.3 is 23.2 Å². The number of anilines is 3. The molecule has 0 N–H and O–H groups in total. The van der Waals surface area contributed by atoms with Gasteiger partial charge in [0.15, 0.2) is 0 Å². The highest BCUT2D eigenvalue weighted by Crippen LogP contribution is 2.65. The van der Waals surface area contributed by atoms with E-state index in [1.807, 2.05) is 11.8 Å². The molecule has 3 aliphatic carbocycles. The summed E-state index contributed by atoms with van der Waals surface area (Å²) in [5.41, 5.74) is 46.2. The Morgan fingerprint density at radius 3 is 1.13 bits per heavy atom. The first-order valence-electron chi connectivity index (χ1n) is 49.2. The first kappa shape index (κ1) is 82.5. The minimum absolute atomic E-state index is 0.0579. The maximum Gasteiger partial charge on any atom is 0.0726 e. The van der Waals surface area contributed by atoms with E-state index in [0.717, 1.165) is 11.4 Å². The van der Waals surface area contributed by atoms with Crippen LogP contribution >= 0.6 is 11.8 Å². The molecule has 1 spiro atoms. The quantitative estimate of drug-likeness (QED) is 0.136. The van der Waals surface area contributed by atoms with Crippen molar-refractivity contribution in [2.24, 2.45) is 0 Å². The third kappa shape index (κ3) is 12.9. The van der Waals surface area contributed by atoms with Gasteiger partial charge in [-0.15, -0.1) is 0 Å². The van der Waals surface area contributed by atoms with E-state index in [1.165, 1.54) is 248 Å². The highest BCUT2D eigenvalue weighted by atomic mass is 32.2. The second kappa shape index (κ2) is 33.0. The van der Waals surface area contributed by atoms with Crippen LogP contribution in [0.4, 0.5) is 17.1 Å². The molecule has 6 heteroatoms. The molecule has 26 aromatic rings. The maximum absolute atomic E-state index is 2.50. The molecule has 4 aromatic heterocycles. The van der Waals surface area contributed by atoms with E-state index in [2.05, 4.69) is 553 Å². The molecule has 142 heavy (non-hydrogen) atoms. The van der Waals surface area contributed by atoms with Crippen molar-refractivity contribution in [1.29, 1.82) is 0 Å². The number of benzene rings is 22. The van der Waals surface area contributed by atoms with Crippen LogP contribution in [0.5, 0.6) is 0 Å². The standard InChI is InChI=1S/C48H32N2S.C45H32N2.C43H27N/c1-4-14-33(15-5-1)36-28-37(34-16-6-2-7-17-34)30-38(29-36)35-24-26-40(27-25-35)49-43-21-11-10-20-41(43)42-31-46-48(32-45(42)49)51-47-23-13-12-22-44(47)50(46)39-18-8-3-9-19-39;1-45(2)39-20-9-6-17-33(39)36-27-38-35-19-8-11-22-42(35)47(44(38)28-40(36)45)32-16-12-13-29(25-32)30-23-24-43-37(26-30)34-18-7-10-21-41(34)46(43)31-14-4-3-5-15-31;1-2-12-28(13-3-1)29-22-24-30(25-23-29)44-40-21-11-7-16-33(40)34-26-27-39-41(42(34)44)35-17-6-10-20-38(35)43(39)36-18-8-4-14-31(36)32-15-5-9-19-37(32)43/h1-32H;3-28H,1-2H3;1-27H. The Morgan fingerprint density at radius 2 is 0.549 bits per heavy atom. The zero-order valence-corrected chi connectivity index (χ0v) is 79.0. The number of rotatable bonds is 10. The van der Waals surface area contributed by atoms with Crippen molar-refractivity contribution in [3.8, 4) is 112 Å². The summed E-state index contributed by atoms with van der Waals surface area (Å²) in [6.45, 7) is 4.73. The van der Waals surface area contributed by atoms with Crippen LogP contribution in [-0.2, 0) is 10.8 Å². The molecule has 0 saturated heterocycles. The van der Waals surface area contributed by atoms with Crippen molar-refractivity contribution in [1.82, 2.24) is 18.3 Å². The number of nitrogens with zero attached hydrogens (tertiary/aromatic N) is 5. The molecule has 0 radical (unpaired) electrons. The van der Waals surface area contributed by atoms with Gasteiger partial charge in [0.05, 0.1) is 60.9 Å². The lowest BCUT2D eigenvalue weighted by molar-refractivity contribution is 0.661. The van der Waals surface area contributed by atoms with Crippen molar-refractivity contribution >= 4 is 116 Å². The van der Waals surface area contributed by atoms with Crippen molar-refractivity contribution < 1.29 is 0 Å². The average molecular weight is 1830 g/mol. The fourth-order valence-corrected chi connectivity index (χ4v) is 25.2. The Morgan fingerprint density at radius 1 is 0.176 bits per heavy atom. The summed E-state index contributed by atoms with van der Waals surface area (Å²) >= 11 is 1.85. The van der Waals surface area contributed by atoms with Crippen LogP contribution in [0.3, 0.4) is 0 Å². The number of hydrogen-bond acceptors (Lipinski definition) is 2. The maximum atomic E-state index is 2.50. The van der Waals surface area contributed by atoms with Crippen molar-refractivity contribution in [2.45, 2.75) is 34.5 Å². The van der Waals surface area contributed by atoms with Gasteiger partial charge in [-0.1, -0.05) is 390 Å². The van der Waals surface area contributed by atoms with Crippen molar-refractivity contribution in [3.05, 3.63) is 549 Å². The summed E-state index contributed by atoms with van der Waals surface area (Å²) in [6.07, 6.45) is 0. The first-order chi connectivity index (χ1) is 70.2. The Hall–Kier alpha value is -17.8. The Labute approximate surface area is 828 Å².